The van der Waals surface area contributed by atoms with Crippen LogP contribution in [0.25, 0.3) is 0 Å². The number of halogens is 1. The van der Waals surface area contributed by atoms with Crippen molar-refractivity contribution in [3.05, 3.63) is 0 Å². The fourth-order valence-corrected chi connectivity index (χ4v) is 1.84. The zero-order valence-corrected chi connectivity index (χ0v) is 11.6. The standard InChI is InChI=1S/C15H27Cl/c1-2-3-4-5-6-7-8-9-10-11-12-13-14-15-16/h2-8,11-15H2,1H3. The van der Waals surface area contributed by atoms with Gasteiger partial charge in [-0.1, -0.05) is 45.4 Å². The van der Waals surface area contributed by atoms with Crippen molar-refractivity contribution in [1.82, 2.24) is 0 Å². The van der Waals surface area contributed by atoms with Crippen LogP contribution in [0.15, 0.2) is 0 Å². The van der Waals surface area contributed by atoms with E-state index < -0.39 is 0 Å². The highest BCUT2D eigenvalue weighted by molar-refractivity contribution is 6.17. The van der Waals surface area contributed by atoms with E-state index in [4.69, 9.17) is 11.6 Å². The first-order chi connectivity index (χ1) is 7.91. The zero-order chi connectivity index (χ0) is 11.9. The van der Waals surface area contributed by atoms with Crippen LogP contribution in [0.3, 0.4) is 0 Å². The molecule has 0 unspecified atom stereocenters. The van der Waals surface area contributed by atoms with E-state index in [1.54, 1.807) is 0 Å². The highest BCUT2D eigenvalue weighted by Crippen LogP contribution is 2.06. The third-order valence-electron chi connectivity index (χ3n) is 2.72. The van der Waals surface area contributed by atoms with Crippen LogP contribution in [0, 0.1) is 11.8 Å². The van der Waals surface area contributed by atoms with Crippen molar-refractivity contribution in [3.63, 3.8) is 0 Å². The Morgan fingerprint density at radius 1 is 0.688 bits per heavy atom. The second-order valence-corrected chi connectivity index (χ2v) is 4.75. The predicted octanol–water partition coefficient (Wildman–Crippen LogP) is 5.54. The summed E-state index contributed by atoms with van der Waals surface area (Å²) in [5.41, 5.74) is 0. The van der Waals surface area contributed by atoms with Gasteiger partial charge in [-0.15, -0.1) is 23.4 Å². The van der Waals surface area contributed by atoms with Gasteiger partial charge in [-0.05, 0) is 19.3 Å². The molecule has 0 heterocycles. The number of rotatable bonds is 10. The van der Waals surface area contributed by atoms with Gasteiger partial charge in [0.05, 0.1) is 0 Å². The maximum Gasteiger partial charge on any atom is 0.0223 e. The molecular weight excluding hydrogens is 216 g/mol. The molecule has 0 aromatic heterocycles. The number of alkyl halides is 1. The summed E-state index contributed by atoms with van der Waals surface area (Å²) in [6.07, 6.45) is 13.9. The lowest BCUT2D eigenvalue weighted by Gasteiger charge is -1.96. The van der Waals surface area contributed by atoms with Gasteiger partial charge in [-0.2, -0.15) is 0 Å². The van der Waals surface area contributed by atoms with Crippen LogP contribution in [-0.4, -0.2) is 5.88 Å². The Bertz CT molecular complexity index is 176. The van der Waals surface area contributed by atoms with Crippen LogP contribution in [0.2, 0.25) is 0 Å². The summed E-state index contributed by atoms with van der Waals surface area (Å²) in [5.74, 6) is 7.32. The van der Waals surface area contributed by atoms with Gasteiger partial charge in [0, 0.05) is 18.7 Å². The van der Waals surface area contributed by atoms with Gasteiger partial charge in [-0.3, -0.25) is 0 Å². The van der Waals surface area contributed by atoms with Gasteiger partial charge in [0.2, 0.25) is 0 Å². The molecule has 0 radical (unpaired) electrons. The molecule has 0 aliphatic heterocycles. The van der Waals surface area contributed by atoms with Crippen molar-refractivity contribution in [2.45, 2.75) is 77.6 Å². The first-order valence-electron chi connectivity index (χ1n) is 6.93. The second kappa shape index (κ2) is 14.8. The van der Waals surface area contributed by atoms with Crippen molar-refractivity contribution in [3.8, 4) is 11.8 Å². The largest absolute Gasteiger partial charge is 0.127 e. The van der Waals surface area contributed by atoms with E-state index >= 15 is 0 Å². The first-order valence-corrected chi connectivity index (χ1v) is 7.47. The van der Waals surface area contributed by atoms with Gasteiger partial charge >= 0.3 is 0 Å². The Morgan fingerprint density at radius 2 is 1.19 bits per heavy atom. The summed E-state index contributed by atoms with van der Waals surface area (Å²) >= 11 is 5.60. The zero-order valence-electron chi connectivity index (χ0n) is 10.9. The molecule has 0 rings (SSSR count). The predicted molar refractivity (Wildman–Crippen MR) is 75.0 cm³/mol. The second-order valence-electron chi connectivity index (χ2n) is 4.37. The molecule has 0 bridgehead atoms. The van der Waals surface area contributed by atoms with Crippen LogP contribution in [0.4, 0.5) is 0 Å². The first kappa shape index (κ1) is 15.9. The monoisotopic (exact) mass is 242 g/mol. The minimum Gasteiger partial charge on any atom is -0.127 e. The normalized spacial score (nSPS) is 9.88. The van der Waals surface area contributed by atoms with E-state index in [9.17, 15) is 0 Å². The SMILES string of the molecule is CCCCCCCCC#CCCCCCCl. The number of hydrogen-bond acceptors (Lipinski definition) is 0. The Morgan fingerprint density at radius 3 is 1.75 bits per heavy atom. The van der Waals surface area contributed by atoms with Crippen molar-refractivity contribution in [2.24, 2.45) is 0 Å². The Kier molecular flexibility index (Phi) is 14.7. The smallest absolute Gasteiger partial charge is 0.0223 e. The van der Waals surface area contributed by atoms with E-state index in [2.05, 4.69) is 18.8 Å². The van der Waals surface area contributed by atoms with E-state index in [1.165, 1.54) is 51.4 Å². The molecule has 0 nitrogen and oxygen atoms in total. The van der Waals surface area contributed by atoms with Crippen molar-refractivity contribution >= 4 is 11.6 Å². The highest BCUT2D eigenvalue weighted by atomic mass is 35.5. The van der Waals surface area contributed by atoms with Crippen molar-refractivity contribution in [1.29, 1.82) is 0 Å². The Labute approximate surface area is 107 Å². The molecule has 0 N–H and O–H groups in total. The third kappa shape index (κ3) is 13.8. The lowest BCUT2D eigenvalue weighted by molar-refractivity contribution is 0.613. The molecule has 0 aliphatic rings. The molecule has 0 atom stereocenters. The topological polar surface area (TPSA) is 0 Å². The van der Waals surface area contributed by atoms with Gasteiger partial charge in [0.1, 0.15) is 0 Å². The van der Waals surface area contributed by atoms with E-state index in [0.717, 1.165) is 25.1 Å². The Hall–Kier alpha value is -0.150. The molecule has 0 saturated heterocycles. The van der Waals surface area contributed by atoms with Crippen LogP contribution in [-0.2, 0) is 0 Å². The maximum absolute atomic E-state index is 5.60. The van der Waals surface area contributed by atoms with Crippen molar-refractivity contribution in [2.75, 3.05) is 5.88 Å². The Balaban J connectivity index is 3.03. The summed E-state index contributed by atoms with van der Waals surface area (Å²) in [6.45, 7) is 2.26. The molecule has 0 fully saturated rings. The summed E-state index contributed by atoms with van der Waals surface area (Å²) in [5, 5.41) is 0. The van der Waals surface area contributed by atoms with Gasteiger partial charge in [0.15, 0.2) is 0 Å². The number of unbranched alkanes of at least 4 members (excludes halogenated alkanes) is 9. The van der Waals surface area contributed by atoms with E-state index in [0.29, 0.717) is 0 Å². The third-order valence-corrected chi connectivity index (χ3v) is 2.98. The fourth-order valence-electron chi connectivity index (χ4n) is 1.66. The van der Waals surface area contributed by atoms with Crippen LogP contribution in [0.1, 0.15) is 77.6 Å². The summed E-state index contributed by atoms with van der Waals surface area (Å²) in [6, 6.07) is 0. The molecule has 1 heteroatoms. The molecule has 0 saturated carbocycles. The molecule has 0 spiro atoms. The molecular formula is C15H27Cl. The molecule has 0 aliphatic carbocycles. The van der Waals surface area contributed by atoms with Crippen LogP contribution in [0.5, 0.6) is 0 Å². The van der Waals surface area contributed by atoms with E-state index in [-0.39, 0.29) is 0 Å². The van der Waals surface area contributed by atoms with Crippen molar-refractivity contribution < 1.29 is 0 Å². The quantitative estimate of drug-likeness (QED) is 0.268. The lowest BCUT2D eigenvalue weighted by atomic mass is 10.1. The maximum atomic E-state index is 5.60. The van der Waals surface area contributed by atoms with Gasteiger partial charge in [0.25, 0.3) is 0 Å². The molecule has 0 aromatic rings. The molecule has 0 aromatic carbocycles. The summed E-state index contributed by atoms with van der Waals surface area (Å²) in [4.78, 5) is 0. The van der Waals surface area contributed by atoms with Crippen LogP contribution >= 0.6 is 11.6 Å². The minimum atomic E-state index is 0.797. The average molecular weight is 243 g/mol. The van der Waals surface area contributed by atoms with Crippen LogP contribution < -0.4 is 0 Å². The molecule has 94 valence electrons. The van der Waals surface area contributed by atoms with E-state index in [1.807, 2.05) is 0 Å². The molecule has 0 amide bonds. The van der Waals surface area contributed by atoms with Gasteiger partial charge in [-0.25, -0.2) is 0 Å². The average Bonchev–Trinajstić information content (AvgIpc) is 2.31. The molecule has 16 heavy (non-hydrogen) atoms. The fraction of sp³-hybridized carbons (Fsp3) is 0.867. The summed E-state index contributed by atoms with van der Waals surface area (Å²) < 4.78 is 0. The van der Waals surface area contributed by atoms with Gasteiger partial charge < -0.3 is 0 Å². The number of hydrogen-bond donors (Lipinski definition) is 0. The minimum absolute atomic E-state index is 0.797. The lowest BCUT2D eigenvalue weighted by Crippen LogP contribution is -1.78. The highest BCUT2D eigenvalue weighted by Gasteiger charge is 1.88. The summed E-state index contributed by atoms with van der Waals surface area (Å²) in [7, 11) is 0.